The van der Waals surface area contributed by atoms with Crippen molar-refractivity contribution >= 4 is 20.9 Å². The van der Waals surface area contributed by atoms with E-state index in [9.17, 15) is 8.42 Å². The minimum atomic E-state index is -3.44. The maximum Gasteiger partial charge on any atom is 0.215 e. The third kappa shape index (κ3) is 4.88. The van der Waals surface area contributed by atoms with E-state index >= 15 is 0 Å². The molecule has 1 aromatic heterocycles. The summed E-state index contributed by atoms with van der Waals surface area (Å²) in [6.45, 7) is 0.334. The minimum Gasteiger partial charge on any atom is -0.497 e. The van der Waals surface area contributed by atoms with Crippen LogP contribution in [0.15, 0.2) is 48.7 Å². The molecular formula is C20H21N3O3S. The topological polar surface area (TPSA) is 95.0 Å². The molecular weight excluding hydrogens is 362 g/mol. The average Bonchev–Trinajstić information content (AvgIpc) is 3.04. The molecule has 0 fully saturated rings. The molecule has 0 aliphatic carbocycles. The van der Waals surface area contributed by atoms with E-state index in [0.717, 1.165) is 27.8 Å². The first-order valence-electron chi connectivity index (χ1n) is 8.57. The van der Waals surface area contributed by atoms with Crippen LogP contribution in [0.25, 0.3) is 10.9 Å². The van der Waals surface area contributed by atoms with E-state index in [0.29, 0.717) is 18.5 Å². The highest BCUT2D eigenvalue weighted by atomic mass is 32.2. The predicted molar refractivity (Wildman–Crippen MR) is 105 cm³/mol. The Morgan fingerprint density at radius 1 is 1.15 bits per heavy atom. The number of hydrogen-bond acceptors (Lipinski definition) is 4. The van der Waals surface area contributed by atoms with Gasteiger partial charge in [0, 0.05) is 23.6 Å². The van der Waals surface area contributed by atoms with E-state index in [1.165, 1.54) is 0 Å². The fourth-order valence-corrected chi connectivity index (χ4v) is 4.09. The van der Waals surface area contributed by atoms with Crippen molar-refractivity contribution in [3.8, 4) is 11.8 Å². The lowest BCUT2D eigenvalue weighted by atomic mass is 10.1. The lowest BCUT2D eigenvalue weighted by Crippen LogP contribution is -2.27. The molecule has 0 atom stereocenters. The standard InChI is InChI=1S/C20H21N3O3S/c1-26-18-5-2-15(3-6-18)9-11-23-27(24,25)14-16-4-7-20-19(12-16)17(8-10-21)13-22-20/h2-7,12-13,22-23H,8-9,11,14H2,1H3. The number of ether oxygens (including phenoxy) is 1. The van der Waals surface area contributed by atoms with Gasteiger partial charge in [0.1, 0.15) is 5.75 Å². The molecule has 0 aliphatic heterocycles. The second-order valence-corrected chi connectivity index (χ2v) is 8.09. The molecule has 1 heterocycles. The quantitative estimate of drug-likeness (QED) is 0.625. The van der Waals surface area contributed by atoms with Crippen LogP contribution in [0.4, 0.5) is 0 Å². The van der Waals surface area contributed by atoms with Crippen LogP contribution in [0, 0.1) is 11.3 Å². The van der Waals surface area contributed by atoms with E-state index in [4.69, 9.17) is 10.00 Å². The first-order valence-corrected chi connectivity index (χ1v) is 10.2. The van der Waals surface area contributed by atoms with Gasteiger partial charge in [-0.05, 0) is 47.4 Å². The van der Waals surface area contributed by atoms with Crippen LogP contribution in [0.5, 0.6) is 5.75 Å². The summed E-state index contributed by atoms with van der Waals surface area (Å²) >= 11 is 0. The Bertz CT molecular complexity index is 1060. The van der Waals surface area contributed by atoms with E-state index in [1.807, 2.05) is 36.4 Å². The molecule has 3 aromatic rings. The molecule has 7 heteroatoms. The first kappa shape index (κ1) is 19.0. The van der Waals surface area contributed by atoms with Gasteiger partial charge in [0.05, 0.1) is 25.4 Å². The Kier molecular flexibility index (Phi) is 5.79. The van der Waals surface area contributed by atoms with Crippen molar-refractivity contribution < 1.29 is 13.2 Å². The number of nitriles is 1. The number of hydrogen-bond donors (Lipinski definition) is 2. The summed E-state index contributed by atoms with van der Waals surface area (Å²) in [6.07, 6.45) is 2.68. The molecule has 0 radical (unpaired) electrons. The molecule has 0 amide bonds. The summed E-state index contributed by atoms with van der Waals surface area (Å²) in [7, 11) is -1.84. The van der Waals surface area contributed by atoms with Gasteiger partial charge in [-0.1, -0.05) is 18.2 Å². The summed E-state index contributed by atoms with van der Waals surface area (Å²) in [5, 5.41) is 9.79. The van der Waals surface area contributed by atoms with Crippen molar-refractivity contribution in [3.05, 3.63) is 65.4 Å². The molecule has 140 valence electrons. The number of fused-ring (bicyclic) bond motifs is 1. The van der Waals surface area contributed by atoms with E-state index in [-0.39, 0.29) is 12.2 Å². The van der Waals surface area contributed by atoms with E-state index in [1.54, 1.807) is 19.4 Å². The van der Waals surface area contributed by atoms with E-state index < -0.39 is 10.0 Å². The Morgan fingerprint density at radius 2 is 1.89 bits per heavy atom. The molecule has 6 nitrogen and oxygen atoms in total. The highest BCUT2D eigenvalue weighted by molar-refractivity contribution is 7.88. The molecule has 0 aliphatic rings. The molecule has 2 N–H and O–H groups in total. The van der Waals surface area contributed by atoms with Crippen LogP contribution < -0.4 is 9.46 Å². The van der Waals surface area contributed by atoms with Crippen LogP contribution >= 0.6 is 0 Å². The number of rotatable bonds is 8. The van der Waals surface area contributed by atoms with Crippen molar-refractivity contribution in [2.45, 2.75) is 18.6 Å². The fourth-order valence-electron chi connectivity index (χ4n) is 2.96. The number of methoxy groups -OCH3 is 1. The molecule has 27 heavy (non-hydrogen) atoms. The zero-order valence-electron chi connectivity index (χ0n) is 15.0. The molecule has 3 rings (SSSR count). The van der Waals surface area contributed by atoms with Gasteiger partial charge in [-0.2, -0.15) is 5.26 Å². The monoisotopic (exact) mass is 383 g/mol. The molecule has 0 unspecified atom stereocenters. The number of aromatic nitrogens is 1. The zero-order chi connectivity index (χ0) is 19.3. The normalized spacial score (nSPS) is 11.4. The summed E-state index contributed by atoms with van der Waals surface area (Å²) < 4.78 is 32.5. The van der Waals surface area contributed by atoms with Crippen molar-refractivity contribution in [2.24, 2.45) is 0 Å². The first-order chi connectivity index (χ1) is 13.0. The molecule has 2 aromatic carbocycles. The SMILES string of the molecule is COc1ccc(CCNS(=O)(=O)Cc2ccc3[nH]cc(CC#N)c3c2)cc1. The highest BCUT2D eigenvalue weighted by Gasteiger charge is 2.13. The summed E-state index contributed by atoms with van der Waals surface area (Å²) in [4.78, 5) is 3.10. The Balaban J connectivity index is 1.62. The number of benzene rings is 2. The van der Waals surface area contributed by atoms with Gasteiger partial charge < -0.3 is 9.72 Å². The second kappa shape index (κ2) is 8.25. The van der Waals surface area contributed by atoms with Crippen molar-refractivity contribution in [3.63, 3.8) is 0 Å². The summed E-state index contributed by atoms with van der Waals surface area (Å²) in [6, 6.07) is 15.1. The third-order valence-electron chi connectivity index (χ3n) is 4.35. The lowest BCUT2D eigenvalue weighted by Gasteiger charge is -2.08. The highest BCUT2D eigenvalue weighted by Crippen LogP contribution is 2.21. The zero-order valence-corrected chi connectivity index (χ0v) is 15.8. The van der Waals surface area contributed by atoms with Gasteiger partial charge in [0.15, 0.2) is 0 Å². The van der Waals surface area contributed by atoms with Gasteiger partial charge in [-0.25, -0.2) is 13.1 Å². The fraction of sp³-hybridized carbons (Fsp3) is 0.250. The van der Waals surface area contributed by atoms with Gasteiger partial charge >= 0.3 is 0 Å². The summed E-state index contributed by atoms with van der Waals surface area (Å²) in [5.41, 5.74) is 3.50. The van der Waals surface area contributed by atoms with Crippen LogP contribution in [0.1, 0.15) is 16.7 Å². The van der Waals surface area contributed by atoms with Crippen molar-refractivity contribution in [1.82, 2.24) is 9.71 Å². The lowest BCUT2D eigenvalue weighted by molar-refractivity contribution is 0.414. The van der Waals surface area contributed by atoms with Gasteiger partial charge in [-0.15, -0.1) is 0 Å². The second-order valence-electron chi connectivity index (χ2n) is 6.28. The van der Waals surface area contributed by atoms with Gasteiger partial charge in [0.25, 0.3) is 0 Å². The number of aromatic amines is 1. The van der Waals surface area contributed by atoms with Crippen LogP contribution in [-0.2, 0) is 28.6 Å². The average molecular weight is 383 g/mol. The smallest absolute Gasteiger partial charge is 0.215 e. The molecule has 0 spiro atoms. The van der Waals surface area contributed by atoms with Gasteiger partial charge in [0.2, 0.25) is 10.0 Å². The largest absolute Gasteiger partial charge is 0.497 e. The Morgan fingerprint density at radius 3 is 2.59 bits per heavy atom. The third-order valence-corrected chi connectivity index (χ3v) is 5.71. The Hall–Kier alpha value is -2.82. The number of H-pyrrole nitrogens is 1. The summed E-state index contributed by atoms with van der Waals surface area (Å²) in [5.74, 6) is 0.679. The minimum absolute atomic E-state index is 0.0945. The molecule has 0 bridgehead atoms. The molecule has 0 saturated carbocycles. The van der Waals surface area contributed by atoms with E-state index in [2.05, 4.69) is 15.8 Å². The van der Waals surface area contributed by atoms with Crippen LogP contribution in [0.2, 0.25) is 0 Å². The maximum atomic E-state index is 12.4. The number of sulfonamides is 1. The van der Waals surface area contributed by atoms with Crippen molar-refractivity contribution in [1.29, 1.82) is 5.26 Å². The predicted octanol–water partition coefficient (Wildman–Crippen LogP) is 2.90. The molecule has 0 saturated heterocycles. The Labute approximate surface area is 158 Å². The number of nitrogens with one attached hydrogen (secondary N) is 2. The number of nitrogens with zero attached hydrogens (tertiary/aromatic N) is 1. The van der Waals surface area contributed by atoms with Gasteiger partial charge in [-0.3, -0.25) is 0 Å². The maximum absolute atomic E-state index is 12.4. The van der Waals surface area contributed by atoms with Crippen molar-refractivity contribution in [2.75, 3.05) is 13.7 Å². The van der Waals surface area contributed by atoms with Crippen LogP contribution in [-0.4, -0.2) is 27.1 Å². The van der Waals surface area contributed by atoms with Crippen LogP contribution in [0.3, 0.4) is 0 Å².